The highest BCUT2D eigenvalue weighted by Gasteiger charge is 2.11. The lowest BCUT2D eigenvalue weighted by Gasteiger charge is -2.09. The van der Waals surface area contributed by atoms with Gasteiger partial charge < -0.3 is 4.74 Å². The van der Waals surface area contributed by atoms with Crippen molar-refractivity contribution < 1.29 is 13.5 Å². The van der Waals surface area contributed by atoms with Crippen LogP contribution in [0.25, 0.3) is 11.1 Å². The van der Waals surface area contributed by atoms with Crippen LogP contribution in [-0.2, 0) is 6.42 Å². The summed E-state index contributed by atoms with van der Waals surface area (Å²) in [5.74, 6) is -0.412. The van der Waals surface area contributed by atoms with E-state index in [2.05, 4.69) is 13.5 Å². The molecule has 0 bridgehead atoms. The van der Waals surface area contributed by atoms with Crippen LogP contribution in [0.3, 0.4) is 0 Å². The van der Waals surface area contributed by atoms with E-state index in [1.54, 1.807) is 36.4 Å². The van der Waals surface area contributed by atoms with Crippen LogP contribution in [0.4, 0.5) is 8.78 Å². The summed E-state index contributed by atoms with van der Waals surface area (Å²) in [6, 6.07) is 9.49. The molecule has 0 aliphatic carbocycles. The zero-order valence-electron chi connectivity index (χ0n) is 11.7. The van der Waals surface area contributed by atoms with E-state index >= 15 is 0 Å². The van der Waals surface area contributed by atoms with Crippen LogP contribution in [-0.4, -0.2) is 6.61 Å². The van der Waals surface area contributed by atoms with Gasteiger partial charge in [-0.2, -0.15) is 0 Å². The van der Waals surface area contributed by atoms with Gasteiger partial charge in [0.15, 0.2) is 0 Å². The molecule has 2 rings (SSSR count). The van der Waals surface area contributed by atoms with Crippen molar-refractivity contribution in [2.75, 3.05) is 6.61 Å². The smallest absolute Gasteiger partial charge is 0.133 e. The van der Waals surface area contributed by atoms with Crippen molar-refractivity contribution in [1.29, 1.82) is 0 Å². The maximum Gasteiger partial charge on any atom is 0.133 e. The largest absolute Gasteiger partial charge is 0.490 e. The van der Waals surface area contributed by atoms with Crippen molar-refractivity contribution in [2.45, 2.75) is 12.8 Å². The summed E-state index contributed by atoms with van der Waals surface area (Å²) in [6.45, 7) is 7.69. The zero-order valence-corrected chi connectivity index (χ0v) is 11.7. The van der Waals surface area contributed by atoms with E-state index in [1.807, 2.05) is 0 Å². The SMILES string of the molecule is [CH2]CCc1cc(-c2ccc(OCC=C)cc2)c(F)cc1F. The Hall–Kier alpha value is -2.16. The van der Waals surface area contributed by atoms with E-state index in [4.69, 9.17) is 4.74 Å². The molecular weight excluding hydrogens is 270 g/mol. The minimum absolute atomic E-state index is 0.384. The second kappa shape index (κ2) is 7.02. The van der Waals surface area contributed by atoms with Crippen LogP contribution in [0.15, 0.2) is 49.1 Å². The Labute approximate surface area is 123 Å². The number of hydrogen-bond acceptors (Lipinski definition) is 1. The summed E-state index contributed by atoms with van der Waals surface area (Å²) < 4.78 is 33.0. The van der Waals surface area contributed by atoms with Gasteiger partial charge in [-0.15, -0.1) is 0 Å². The first-order chi connectivity index (χ1) is 10.2. The highest BCUT2D eigenvalue weighted by molar-refractivity contribution is 5.65. The molecular formula is C18H17F2O. The van der Waals surface area contributed by atoms with Gasteiger partial charge in [-0.3, -0.25) is 0 Å². The lowest BCUT2D eigenvalue weighted by Crippen LogP contribution is -1.95. The van der Waals surface area contributed by atoms with Gasteiger partial charge in [-0.1, -0.05) is 31.7 Å². The third kappa shape index (κ3) is 3.69. The average molecular weight is 287 g/mol. The van der Waals surface area contributed by atoms with Gasteiger partial charge in [0.05, 0.1) is 0 Å². The number of benzene rings is 2. The average Bonchev–Trinajstić information content (AvgIpc) is 2.49. The second-order valence-corrected chi connectivity index (χ2v) is 4.65. The molecule has 2 aromatic rings. The van der Waals surface area contributed by atoms with E-state index < -0.39 is 11.6 Å². The molecule has 0 atom stereocenters. The van der Waals surface area contributed by atoms with Gasteiger partial charge >= 0.3 is 0 Å². The molecule has 0 aromatic heterocycles. The summed E-state index contributed by atoms with van der Waals surface area (Å²) in [6.07, 6.45) is 2.70. The highest BCUT2D eigenvalue weighted by atomic mass is 19.1. The Morgan fingerprint density at radius 1 is 1.05 bits per heavy atom. The van der Waals surface area contributed by atoms with Gasteiger partial charge in [-0.25, -0.2) is 8.78 Å². The summed E-state index contributed by atoms with van der Waals surface area (Å²) in [4.78, 5) is 0. The molecule has 109 valence electrons. The molecule has 1 nitrogen and oxygen atoms in total. The zero-order chi connectivity index (χ0) is 15.2. The van der Waals surface area contributed by atoms with Crippen molar-refractivity contribution in [1.82, 2.24) is 0 Å². The molecule has 21 heavy (non-hydrogen) atoms. The number of halogens is 2. The third-order valence-electron chi connectivity index (χ3n) is 3.12. The summed E-state index contributed by atoms with van der Waals surface area (Å²) >= 11 is 0. The predicted octanol–water partition coefficient (Wildman–Crippen LogP) is 4.96. The van der Waals surface area contributed by atoms with Crippen LogP contribution in [0.5, 0.6) is 5.75 Å². The van der Waals surface area contributed by atoms with Crippen LogP contribution >= 0.6 is 0 Å². The van der Waals surface area contributed by atoms with Gasteiger partial charge in [-0.05, 0) is 42.2 Å². The molecule has 0 fully saturated rings. The topological polar surface area (TPSA) is 9.23 Å². The van der Waals surface area contributed by atoms with Crippen LogP contribution in [0.2, 0.25) is 0 Å². The maximum absolute atomic E-state index is 14.0. The number of ether oxygens (including phenoxy) is 1. The first kappa shape index (κ1) is 15.2. The molecule has 0 aliphatic rings. The minimum Gasteiger partial charge on any atom is -0.490 e. The molecule has 0 saturated heterocycles. The molecule has 0 N–H and O–H groups in total. The quantitative estimate of drug-likeness (QED) is 0.682. The van der Waals surface area contributed by atoms with Crippen molar-refractivity contribution >= 4 is 0 Å². The fourth-order valence-corrected chi connectivity index (χ4v) is 2.08. The summed E-state index contributed by atoms with van der Waals surface area (Å²) in [5, 5.41) is 0. The Morgan fingerprint density at radius 2 is 1.76 bits per heavy atom. The van der Waals surface area contributed by atoms with Crippen molar-refractivity contribution in [3.63, 3.8) is 0 Å². The van der Waals surface area contributed by atoms with Gasteiger partial charge in [0.2, 0.25) is 0 Å². The van der Waals surface area contributed by atoms with E-state index in [1.165, 1.54) is 0 Å². The lowest BCUT2D eigenvalue weighted by molar-refractivity contribution is 0.363. The minimum atomic E-state index is -0.569. The Balaban J connectivity index is 2.32. The lowest BCUT2D eigenvalue weighted by atomic mass is 10.00. The molecule has 3 heteroatoms. The van der Waals surface area contributed by atoms with Gasteiger partial charge in [0.1, 0.15) is 24.0 Å². The molecule has 0 heterocycles. The number of aryl methyl sites for hydroxylation is 1. The molecule has 2 aromatic carbocycles. The van der Waals surface area contributed by atoms with Crippen molar-refractivity contribution in [3.8, 4) is 16.9 Å². The normalized spacial score (nSPS) is 10.4. The number of hydrogen-bond donors (Lipinski definition) is 0. The third-order valence-corrected chi connectivity index (χ3v) is 3.12. The molecule has 0 aliphatic heterocycles. The van der Waals surface area contributed by atoms with Crippen LogP contribution < -0.4 is 4.74 Å². The van der Waals surface area contributed by atoms with Crippen LogP contribution in [0.1, 0.15) is 12.0 Å². The maximum atomic E-state index is 14.0. The Kier molecular flexibility index (Phi) is 5.09. The Bertz CT molecular complexity index is 618. The van der Waals surface area contributed by atoms with E-state index in [9.17, 15) is 8.78 Å². The Morgan fingerprint density at radius 3 is 2.38 bits per heavy atom. The van der Waals surface area contributed by atoms with Crippen LogP contribution in [0, 0.1) is 18.6 Å². The van der Waals surface area contributed by atoms with Gasteiger partial charge in [0.25, 0.3) is 0 Å². The highest BCUT2D eigenvalue weighted by Crippen LogP contribution is 2.28. The monoisotopic (exact) mass is 287 g/mol. The van der Waals surface area contributed by atoms with E-state index in [-0.39, 0.29) is 0 Å². The molecule has 0 unspecified atom stereocenters. The molecule has 0 amide bonds. The van der Waals surface area contributed by atoms with Crippen molar-refractivity contribution in [3.05, 3.63) is 73.2 Å². The molecule has 0 saturated carbocycles. The van der Waals surface area contributed by atoms with Gasteiger partial charge in [0, 0.05) is 11.6 Å². The predicted molar refractivity (Wildman–Crippen MR) is 81.2 cm³/mol. The van der Waals surface area contributed by atoms with Crippen molar-refractivity contribution in [2.24, 2.45) is 0 Å². The summed E-state index contributed by atoms with van der Waals surface area (Å²) in [5.41, 5.74) is 1.55. The fourth-order valence-electron chi connectivity index (χ4n) is 2.08. The van der Waals surface area contributed by atoms with E-state index in [0.717, 1.165) is 6.07 Å². The first-order valence-electron chi connectivity index (χ1n) is 6.77. The molecule has 1 radical (unpaired) electrons. The standard InChI is InChI=1S/C18H17F2O/c1-3-5-14-11-16(18(20)12-17(14)19)13-6-8-15(9-7-13)21-10-4-2/h4,6-9,11-12H,1-3,5,10H2. The second-order valence-electron chi connectivity index (χ2n) is 4.65. The fraction of sp³-hybridized carbons (Fsp3) is 0.167. The van der Waals surface area contributed by atoms with E-state index in [0.29, 0.717) is 41.9 Å². The number of rotatable bonds is 6. The summed E-state index contributed by atoms with van der Waals surface area (Å²) in [7, 11) is 0. The molecule has 0 spiro atoms. The first-order valence-corrected chi connectivity index (χ1v) is 6.77.